The van der Waals surface area contributed by atoms with Crippen molar-refractivity contribution in [2.45, 2.75) is 0 Å². The molecular formula is C39H35N2P3. The minimum Gasteiger partial charge on any atom is -0.332 e. The van der Waals surface area contributed by atoms with Crippen LogP contribution in [-0.2, 0) is 0 Å². The lowest BCUT2D eigenvalue weighted by Gasteiger charge is -2.34. The van der Waals surface area contributed by atoms with E-state index in [0.29, 0.717) is 0 Å². The predicted octanol–water partition coefficient (Wildman–Crippen LogP) is 7.47. The van der Waals surface area contributed by atoms with Gasteiger partial charge < -0.3 is 9.34 Å². The number of benzene rings is 6. The lowest BCUT2D eigenvalue weighted by molar-refractivity contribution is 1.03. The molecule has 0 bridgehead atoms. The first-order valence-electron chi connectivity index (χ1n) is 15.1. The Balaban J connectivity index is 1.28. The molecule has 6 aromatic carbocycles. The summed E-state index contributed by atoms with van der Waals surface area (Å²) in [6.07, 6.45) is 0. The van der Waals surface area contributed by atoms with Crippen LogP contribution >= 0.6 is 24.1 Å². The molecule has 0 radical (unpaired) electrons. The van der Waals surface area contributed by atoms with Gasteiger partial charge in [-0.15, -0.1) is 0 Å². The van der Waals surface area contributed by atoms with E-state index < -0.39 is 24.1 Å². The van der Waals surface area contributed by atoms with E-state index in [1.807, 2.05) is 0 Å². The fourth-order valence-electron chi connectivity index (χ4n) is 6.07. The van der Waals surface area contributed by atoms with Gasteiger partial charge in [-0.25, -0.2) is 0 Å². The van der Waals surface area contributed by atoms with Crippen LogP contribution < -0.4 is 41.2 Å². The summed E-state index contributed by atoms with van der Waals surface area (Å²) in [7, 11) is -2.00. The second kappa shape index (κ2) is 13.5. The van der Waals surface area contributed by atoms with Crippen molar-refractivity contribution < 1.29 is 0 Å². The zero-order valence-corrected chi connectivity index (χ0v) is 27.5. The number of hydrogen-bond donors (Lipinski definition) is 0. The third-order valence-corrected chi connectivity index (χ3v) is 15.3. The molecule has 6 aromatic rings. The first-order valence-corrected chi connectivity index (χ1v) is 19.4. The summed E-state index contributed by atoms with van der Waals surface area (Å²) in [5, 5.41) is 8.41. The summed E-state index contributed by atoms with van der Waals surface area (Å²) >= 11 is 0. The molecule has 1 aliphatic rings. The van der Waals surface area contributed by atoms with Gasteiger partial charge in [0.15, 0.2) is 0 Å². The van der Waals surface area contributed by atoms with Crippen molar-refractivity contribution in [2.75, 3.05) is 29.1 Å². The van der Waals surface area contributed by atoms with E-state index in [9.17, 15) is 0 Å². The molecule has 0 aliphatic carbocycles. The van der Waals surface area contributed by atoms with Crippen LogP contribution in [0.3, 0.4) is 0 Å². The maximum atomic E-state index is 2.69. The fraction of sp³-hybridized carbons (Fsp3) is 0.0769. The Labute approximate surface area is 265 Å². The molecule has 7 rings (SSSR count). The Hall–Kier alpha value is -3.79. The SMILES string of the molecule is CP1N(c2ccccc2P(c2ccccc2)c2ccccc2)CCN1c1ccccc1P(c1ccccc1)c1ccccc1. The van der Waals surface area contributed by atoms with Gasteiger partial charge in [-0.3, -0.25) is 0 Å². The Morgan fingerprint density at radius 1 is 0.386 bits per heavy atom. The largest absolute Gasteiger partial charge is 0.332 e. The first-order chi connectivity index (χ1) is 21.8. The van der Waals surface area contributed by atoms with Crippen molar-refractivity contribution in [2.24, 2.45) is 0 Å². The Morgan fingerprint density at radius 2 is 0.659 bits per heavy atom. The average molecular weight is 625 g/mol. The van der Waals surface area contributed by atoms with Gasteiger partial charge in [0.25, 0.3) is 0 Å². The topological polar surface area (TPSA) is 6.48 Å². The monoisotopic (exact) mass is 624 g/mol. The average Bonchev–Trinajstić information content (AvgIpc) is 3.48. The second-order valence-corrected chi connectivity index (χ2v) is 17.0. The molecular weight excluding hydrogens is 589 g/mol. The predicted molar refractivity (Wildman–Crippen MR) is 198 cm³/mol. The van der Waals surface area contributed by atoms with Gasteiger partial charge in [-0.05, 0) is 55.9 Å². The van der Waals surface area contributed by atoms with Gasteiger partial charge in [0, 0.05) is 35.1 Å². The van der Waals surface area contributed by atoms with E-state index in [4.69, 9.17) is 0 Å². The zero-order valence-electron chi connectivity index (χ0n) is 24.8. The van der Waals surface area contributed by atoms with Crippen LogP contribution in [0.25, 0.3) is 0 Å². The first kappa shape index (κ1) is 29.0. The Kier molecular flexibility index (Phi) is 8.86. The zero-order chi connectivity index (χ0) is 29.7. The summed E-state index contributed by atoms with van der Waals surface area (Å²) in [5.41, 5.74) is 2.74. The van der Waals surface area contributed by atoms with Crippen LogP contribution in [0.5, 0.6) is 0 Å². The molecule has 44 heavy (non-hydrogen) atoms. The number of hydrogen-bond acceptors (Lipinski definition) is 2. The van der Waals surface area contributed by atoms with Crippen molar-refractivity contribution >= 4 is 67.3 Å². The molecule has 0 aromatic heterocycles. The van der Waals surface area contributed by atoms with E-state index in [0.717, 1.165) is 13.1 Å². The highest BCUT2D eigenvalue weighted by Crippen LogP contribution is 2.52. The summed E-state index contributed by atoms with van der Waals surface area (Å²) in [4.78, 5) is 0. The number of nitrogens with zero attached hydrogens (tertiary/aromatic N) is 2. The van der Waals surface area contributed by atoms with Crippen molar-refractivity contribution in [3.05, 3.63) is 170 Å². The molecule has 0 N–H and O–H groups in total. The lowest BCUT2D eigenvalue weighted by atomic mass is 10.3. The molecule has 0 amide bonds. The van der Waals surface area contributed by atoms with E-state index in [1.165, 1.54) is 43.2 Å². The van der Waals surface area contributed by atoms with Gasteiger partial charge in [-0.1, -0.05) is 158 Å². The lowest BCUT2D eigenvalue weighted by Crippen LogP contribution is -2.27. The van der Waals surface area contributed by atoms with Crippen LogP contribution in [0, 0.1) is 0 Å². The van der Waals surface area contributed by atoms with Gasteiger partial charge in [0.2, 0.25) is 0 Å². The van der Waals surface area contributed by atoms with Crippen molar-refractivity contribution in [3.63, 3.8) is 0 Å². The summed E-state index contributed by atoms with van der Waals surface area (Å²) in [6, 6.07) is 62.6. The Bertz CT molecular complexity index is 1590. The third-order valence-electron chi connectivity index (χ3n) is 8.08. The summed E-state index contributed by atoms with van der Waals surface area (Å²) < 4.78 is 5.38. The van der Waals surface area contributed by atoms with Crippen LogP contribution in [0.1, 0.15) is 0 Å². The molecule has 1 aliphatic heterocycles. The highest BCUT2D eigenvalue weighted by atomic mass is 31.1. The van der Waals surface area contributed by atoms with Gasteiger partial charge in [0.1, 0.15) is 0 Å². The molecule has 0 spiro atoms. The summed E-state index contributed by atoms with van der Waals surface area (Å²) in [6.45, 7) is 4.46. The van der Waals surface area contributed by atoms with Crippen molar-refractivity contribution in [1.29, 1.82) is 0 Å². The number of anilines is 2. The van der Waals surface area contributed by atoms with Gasteiger partial charge in [-0.2, -0.15) is 0 Å². The standard InChI is InChI=1S/C39H35N2P3/c1-42-40(36-26-14-16-28-38(36)43(32-18-6-2-7-19-32)33-20-8-3-9-21-33)30-31-41(42)37-27-15-17-29-39(37)44(34-22-10-4-11-23-34)35-24-12-5-13-25-35/h2-29H,30-31H2,1H3. The quantitative estimate of drug-likeness (QED) is 0.162. The Morgan fingerprint density at radius 3 is 0.977 bits per heavy atom. The van der Waals surface area contributed by atoms with Gasteiger partial charge >= 0.3 is 0 Å². The van der Waals surface area contributed by atoms with E-state index in [-0.39, 0.29) is 0 Å². The third kappa shape index (κ3) is 5.84. The van der Waals surface area contributed by atoms with Crippen molar-refractivity contribution in [1.82, 2.24) is 0 Å². The fourth-order valence-corrected chi connectivity index (χ4v) is 13.1. The molecule has 5 heteroatoms. The van der Waals surface area contributed by atoms with E-state index in [1.54, 1.807) is 0 Å². The highest BCUT2D eigenvalue weighted by molar-refractivity contribution is 7.80. The van der Waals surface area contributed by atoms with Crippen LogP contribution in [-0.4, -0.2) is 19.8 Å². The normalized spacial score (nSPS) is 13.6. The second-order valence-electron chi connectivity index (χ2n) is 10.7. The van der Waals surface area contributed by atoms with Crippen LogP contribution in [0.4, 0.5) is 11.4 Å². The molecule has 216 valence electrons. The molecule has 1 heterocycles. The summed E-state index contributed by atoms with van der Waals surface area (Å²) in [5.74, 6) is 0. The van der Waals surface area contributed by atoms with Crippen molar-refractivity contribution in [3.8, 4) is 0 Å². The van der Waals surface area contributed by atoms with E-state index in [2.05, 4.69) is 186 Å². The molecule has 0 unspecified atom stereocenters. The number of rotatable bonds is 8. The molecule has 2 nitrogen and oxygen atoms in total. The minimum absolute atomic E-state index is 0.615. The maximum absolute atomic E-state index is 2.69. The maximum Gasteiger partial charge on any atom is 0.0919 e. The number of para-hydroxylation sites is 2. The van der Waals surface area contributed by atoms with Gasteiger partial charge in [0.05, 0.1) is 8.22 Å². The minimum atomic E-state index is -0.694. The van der Waals surface area contributed by atoms with Crippen LogP contribution in [0.15, 0.2) is 170 Å². The molecule has 1 fully saturated rings. The van der Waals surface area contributed by atoms with Crippen LogP contribution in [0.2, 0.25) is 0 Å². The molecule has 0 saturated carbocycles. The smallest absolute Gasteiger partial charge is 0.0919 e. The molecule has 0 atom stereocenters. The van der Waals surface area contributed by atoms with E-state index >= 15 is 0 Å². The highest BCUT2D eigenvalue weighted by Gasteiger charge is 2.34. The molecule has 1 saturated heterocycles.